The summed E-state index contributed by atoms with van der Waals surface area (Å²) in [7, 11) is 0. The molecular weight excluding hydrogens is 457 g/mol. The predicted octanol–water partition coefficient (Wildman–Crippen LogP) is 4.69. The van der Waals surface area contributed by atoms with E-state index in [1.807, 2.05) is 12.1 Å². The van der Waals surface area contributed by atoms with Crippen molar-refractivity contribution in [3.05, 3.63) is 68.7 Å². The fourth-order valence-electron chi connectivity index (χ4n) is 4.63. The average molecular weight is 481 g/mol. The third kappa shape index (κ3) is 5.53. The van der Waals surface area contributed by atoms with E-state index in [1.54, 1.807) is 12.1 Å². The zero-order chi connectivity index (χ0) is 22.0. The number of benzene rings is 2. The van der Waals surface area contributed by atoms with Gasteiger partial charge in [-0.1, -0.05) is 46.9 Å². The average Bonchev–Trinajstić information content (AvgIpc) is 2.97. The van der Waals surface area contributed by atoms with Crippen LogP contribution in [0.2, 0.25) is 15.1 Å². The van der Waals surface area contributed by atoms with Crippen LogP contribution in [-0.4, -0.2) is 41.4 Å². The van der Waals surface area contributed by atoms with Gasteiger partial charge in [-0.3, -0.25) is 14.5 Å². The zero-order valence-electron chi connectivity index (χ0n) is 16.9. The highest BCUT2D eigenvalue weighted by Crippen LogP contribution is 2.37. The minimum absolute atomic E-state index is 0.0700. The molecule has 2 unspecified atom stereocenters. The van der Waals surface area contributed by atoms with Crippen LogP contribution in [0.1, 0.15) is 41.6 Å². The monoisotopic (exact) mass is 479 g/mol. The second kappa shape index (κ2) is 9.78. The molecule has 2 aliphatic heterocycles. The molecule has 5 nitrogen and oxygen atoms in total. The molecule has 2 aliphatic rings. The van der Waals surface area contributed by atoms with Crippen LogP contribution < -0.4 is 10.6 Å². The van der Waals surface area contributed by atoms with Crippen molar-refractivity contribution in [2.24, 2.45) is 0 Å². The standard InChI is InChI=1S/C23H24Cl3N3O2/c24-16-4-1-14(2-5-16)13-29-18-6-7-19(29)11-17(10-18)28-22(30)12-27-23(31)15-3-8-20(25)21(26)9-15/h1-5,8-9,17-19H,6-7,10-13H2,(H,27,31)(H,28,30). The van der Waals surface area contributed by atoms with E-state index in [-0.39, 0.29) is 24.4 Å². The molecule has 4 rings (SSSR count). The van der Waals surface area contributed by atoms with E-state index in [0.29, 0.717) is 27.7 Å². The minimum atomic E-state index is -0.355. The molecule has 0 aliphatic carbocycles. The number of fused-ring (bicyclic) bond motifs is 2. The summed E-state index contributed by atoms with van der Waals surface area (Å²) in [5.41, 5.74) is 1.63. The SMILES string of the molecule is O=C(CNC(=O)c1ccc(Cl)c(Cl)c1)NC1CC2CCC(C1)N2Cc1ccc(Cl)cc1. The van der Waals surface area contributed by atoms with Crippen LogP contribution in [0.3, 0.4) is 0 Å². The molecule has 164 valence electrons. The second-order valence-electron chi connectivity index (χ2n) is 8.23. The lowest BCUT2D eigenvalue weighted by atomic mass is 9.96. The Balaban J connectivity index is 1.26. The molecule has 31 heavy (non-hydrogen) atoms. The van der Waals surface area contributed by atoms with E-state index < -0.39 is 0 Å². The molecule has 0 saturated carbocycles. The maximum atomic E-state index is 12.4. The maximum absolute atomic E-state index is 12.4. The van der Waals surface area contributed by atoms with Gasteiger partial charge in [0, 0.05) is 35.3 Å². The van der Waals surface area contributed by atoms with E-state index >= 15 is 0 Å². The lowest BCUT2D eigenvalue weighted by molar-refractivity contribution is -0.121. The molecule has 2 fully saturated rings. The first-order valence-electron chi connectivity index (χ1n) is 10.4. The number of amides is 2. The number of hydrogen-bond donors (Lipinski definition) is 2. The number of carbonyl (C=O) groups excluding carboxylic acids is 2. The second-order valence-corrected chi connectivity index (χ2v) is 9.48. The highest BCUT2D eigenvalue weighted by atomic mass is 35.5. The molecule has 0 spiro atoms. The Morgan fingerprint density at radius 3 is 2.26 bits per heavy atom. The van der Waals surface area contributed by atoms with Gasteiger partial charge in [-0.15, -0.1) is 0 Å². The first-order valence-corrected chi connectivity index (χ1v) is 11.5. The summed E-state index contributed by atoms with van der Waals surface area (Å²) in [6.45, 7) is 0.840. The molecule has 2 bridgehead atoms. The molecule has 2 heterocycles. The molecule has 2 aromatic carbocycles. The molecule has 2 amide bonds. The van der Waals surface area contributed by atoms with Crippen LogP contribution in [0.4, 0.5) is 0 Å². The van der Waals surface area contributed by atoms with Crippen molar-refractivity contribution in [1.29, 1.82) is 0 Å². The van der Waals surface area contributed by atoms with Gasteiger partial charge in [0.1, 0.15) is 0 Å². The summed E-state index contributed by atoms with van der Waals surface area (Å²) in [5.74, 6) is -0.532. The van der Waals surface area contributed by atoms with Crippen molar-refractivity contribution in [1.82, 2.24) is 15.5 Å². The van der Waals surface area contributed by atoms with Crippen LogP contribution in [0.15, 0.2) is 42.5 Å². The van der Waals surface area contributed by atoms with Crippen molar-refractivity contribution in [3.8, 4) is 0 Å². The van der Waals surface area contributed by atoms with E-state index in [9.17, 15) is 9.59 Å². The Labute approximate surface area is 197 Å². The Kier molecular flexibility index (Phi) is 7.07. The first-order chi connectivity index (χ1) is 14.9. The third-order valence-electron chi connectivity index (χ3n) is 6.12. The van der Waals surface area contributed by atoms with Gasteiger partial charge in [0.15, 0.2) is 0 Å². The normalized spacial score (nSPS) is 22.9. The highest BCUT2D eigenvalue weighted by Gasteiger charge is 2.40. The molecule has 2 saturated heterocycles. The van der Waals surface area contributed by atoms with Crippen molar-refractivity contribution < 1.29 is 9.59 Å². The number of hydrogen-bond acceptors (Lipinski definition) is 3. The summed E-state index contributed by atoms with van der Waals surface area (Å²) < 4.78 is 0. The number of nitrogens with zero attached hydrogens (tertiary/aromatic N) is 1. The van der Waals surface area contributed by atoms with Gasteiger partial charge in [-0.05, 0) is 61.6 Å². The van der Waals surface area contributed by atoms with E-state index in [2.05, 4.69) is 27.7 Å². The van der Waals surface area contributed by atoms with Crippen LogP contribution >= 0.6 is 34.8 Å². The highest BCUT2D eigenvalue weighted by molar-refractivity contribution is 6.42. The smallest absolute Gasteiger partial charge is 0.251 e. The summed E-state index contributed by atoms with van der Waals surface area (Å²) >= 11 is 17.8. The molecule has 0 radical (unpaired) electrons. The van der Waals surface area contributed by atoms with Crippen LogP contribution in [0.25, 0.3) is 0 Å². The van der Waals surface area contributed by atoms with Gasteiger partial charge >= 0.3 is 0 Å². The Hall–Kier alpha value is -1.79. The lowest BCUT2D eigenvalue weighted by Crippen LogP contribution is -2.51. The maximum Gasteiger partial charge on any atom is 0.251 e. The fraction of sp³-hybridized carbons (Fsp3) is 0.391. The molecular formula is C23H24Cl3N3O2. The van der Waals surface area contributed by atoms with Gasteiger partial charge in [0.2, 0.25) is 5.91 Å². The fourth-order valence-corrected chi connectivity index (χ4v) is 5.05. The summed E-state index contributed by atoms with van der Waals surface area (Å²) in [6.07, 6.45) is 4.16. The van der Waals surface area contributed by atoms with Crippen molar-refractivity contribution >= 4 is 46.6 Å². The summed E-state index contributed by atoms with van der Waals surface area (Å²) in [5, 5.41) is 7.18. The van der Waals surface area contributed by atoms with Gasteiger partial charge in [-0.2, -0.15) is 0 Å². The van der Waals surface area contributed by atoms with E-state index in [4.69, 9.17) is 34.8 Å². The topological polar surface area (TPSA) is 61.4 Å². The van der Waals surface area contributed by atoms with Crippen molar-refractivity contribution in [3.63, 3.8) is 0 Å². The third-order valence-corrected chi connectivity index (χ3v) is 7.11. The molecule has 0 aromatic heterocycles. The largest absolute Gasteiger partial charge is 0.352 e. The predicted molar refractivity (Wildman–Crippen MR) is 124 cm³/mol. The number of nitrogens with one attached hydrogen (secondary N) is 2. The number of halogens is 3. The van der Waals surface area contributed by atoms with Gasteiger partial charge in [0.25, 0.3) is 5.91 Å². The Morgan fingerprint density at radius 2 is 1.61 bits per heavy atom. The lowest BCUT2D eigenvalue weighted by Gasteiger charge is -2.39. The number of carbonyl (C=O) groups is 2. The Bertz CT molecular complexity index is 953. The quantitative estimate of drug-likeness (QED) is 0.631. The van der Waals surface area contributed by atoms with Gasteiger partial charge < -0.3 is 10.6 Å². The Morgan fingerprint density at radius 1 is 0.935 bits per heavy atom. The molecule has 2 atom stereocenters. The summed E-state index contributed by atoms with van der Waals surface area (Å²) in [6, 6.07) is 13.7. The molecule has 2 aromatic rings. The summed E-state index contributed by atoms with van der Waals surface area (Å²) in [4.78, 5) is 27.2. The number of piperidine rings is 1. The van der Waals surface area contributed by atoms with E-state index in [0.717, 1.165) is 37.3 Å². The minimum Gasteiger partial charge on any atom is -0.352 e. The van der Waals surface area contributed by atoms with E-state index in [1.165, 1.54) is 11.6 Å². The van der Waals surface area contributed by atoms with Gasteiger partial charge in [0.05, 0.1) is 16.6 Å². The van der Waals surface area contributed by atoms with Crippen LogP contribution in [0.5, 0.6) is 0 Å². The van der Waals surface area contributed by atoms with Gasteiger partial charge in [-0.25, -0.2) is 0 Å². The first kappa shape index (κ1) is 22.4. The molecule has 2 N–H and O–H groups in total. The van der Waals surface area contributed by atoms with Crippen LogP contribution in [0, 0.1) is 0 Å². The van der Waals surface area contributed by atoms with Crippen molar-refractivity contribution in [2.75, 3.05) is 6.54 Å². The van der Waals surface area contributed by atoms with Crippen molar-refractivity contribution in [2.45, 2.75) is 50.4 Å². The zero-order valence-corrected chi connectivity index (χ0v) is 19.2. The molecule has 8 heteroatoms. The van der Waals surface area contributed by atoms with Crippen LogP contribution in [-0.2, 0) is 11.3 Å². The number of rotatable bonds is 6.